The maximum Gasteiger partial charge on any atom is 0.586 e. The normalized spacial score (nSPS) is 20.2. The standard InChI is InChI=1S/C20H20F2N8O2S/c1-10-8-29(15-7-24-11(2)33-15)6-5-28(10)9-14-25-18-12-3-4-13-17(32-20(21,22)31-13)16(12)26-19(23)30(18)27-14/h3-4,7,10H,5-6,8-9H2,1-2H3,(H2,23,26)/t10-/m1/s1. The first kappa shape index (κ1) is 20.3. The highest BCUT2D eigenvalue weighted by Crippen LogP contribution is 2.45. The van der Waals surface area contributed by atoms with Gasteiger partial charge in [0.2, 0.25) is 5.95 Å². The number of aryl methyl sites for hydroxylation is 1. The maximum absolute atomic E-state index is 13.6. The fourth-order valence-corrected chi connectivity index (χ4v) is 5.13. The van der Waals surface area contributed by atoms with E-state index in [1.807, 2.05) is 13.1 Å². The van der Waals surface area contributed by atoms with Crippen LogP contribution in [0.2, 0.25) is 0 Å². The highest BCUT2D eigenvalue weighted by molar-refractivity contribution is 7.15. The van der Waals surface area contributed by atoms with Gasteiger partial charge in [-0.1, -0.05) is 0 Å². The van der Waals surface area contributed by atoms with Gasteiger partial charge in [0, 0.05) is 31.1 Å². The monoisotopic (exact) mass is 474 g/mol. The molecular formula is C20H20F2N8O2S. The smallest absolute Gasteiger partial charge is 0.395 e. The van der Waals surface area contributed by atoms with E-state index in [2.05, 4.69) is 46.2 Å². The number of halogens is 2. The molecule has 1 saturated heterocycles. The van der Waals surface area contributed by atoms with E-state index >= 15 is 0 Å². The minimum absolute atomic E-state index is 0.0295. The van der Waals surface area contributed by atoms with Gasteiger partial charge in [0.25, 0.3) is 0 Å². The molecule has 0 saturated carbocycles. The van der Waals surface area contributed by atoms with Crippen molar-refractivity contribution in [2.24, 2.45) is 0 Å². The third-order valence-electron chi connectivity index (χ3n) is 5.91. The molecule has 1 fully saturated rings. The molecule has 33 heavy (non-hydrogen) atoms. The lowest BCUT2D eigenvalue weighted by molar-refractivity contribution is -0.286. The fourth-order valence-electron chi connectivity index (χ4n) is 4.32. The molecule has 2 aliphatic rings. The largest absolute Gasteiger partial charge is 0.586 e. The van der Waals surface area contributed by atoms with Crippen molar-refractivity contribution in [3.8, 4) is 11.5 Å². The summed E-state index contributed by atoms with van der Waals surface area (Å²) in [5.41, 5.74) is 6.68. The molecule has 13 heteroatoms. The summed E-state index contributed by atoms with van der Waals surface area (Å²) < 4.78 is 37.7. The van der Waals surface area contributed by atoms with Crippen molar-refractivity contribution in [2.75, 3.05) is 30.3 Å². The lowest BCUT2D eigenvalue weighted by Crippen LogP contribution is -2.51. The number of rotatable bonds is 3. The molecule has 0 radical (unpaired) electrons. The Morgan fingerprint density at radius 1 is 1.24 bits per heavy atom. The van der Waals surface area contributed by atoms with E-state index in [1.165, 1.54) is 15.6 Å². The average Bonchev–Trinajstić information content (AvgIpc) is 3.45. The summed E-state index contributed by atoms with van der Waals surface area (Å²) in [7, 11) is 0. The number of nitrogens with zero attached hydrogens (tertiary/aromatic N) is 7. The molecule has 0 spiro atoms. The molecule has 2 N–H and O–H groups in total. The van der Waals surface area contributed by atoms with Gasteiger partial charge in [0.15, 0.2) is 23.0 Å². The third kappa shape index (κ3) is 3.38. The van der Waals surface area contributed by atoms with Crippen molar-refractivity contribution in [2.45, 2.75) is 32.7 Å². The first-order valence-corrected chi connectivity index (χ1v) is 11.2. The number of hydrogen-bond acceptors (Lipinski definition) is 10. The molecule has 0 bridgehead atoms. The van der Waals surface area contributed by atoms with Gasteiger partial charge in [0.05, 0.1) is 17.7 Å². The van der Waals surface area contributed by atoms with E-state index < -0.39 is 6.29 Å². The molecule has 1 aromatic carbocycles. The van der Waals surface area contributed by atoms with Crippen LogP contribution in [0.15, 0.2) is 18.3 Å². The second-order valence-corrected chi connectivity index (χ2v) is 9.39. The number of anilines is 2. The number of nitrogens with two attached hydrogens (primary N) is 1. The summed E-state index contributed by atoms with van der Waals surface area (Å²) in [6.45, 7) is 7.30. The minimum Gasteiger partial charge on any atom is -0.395 e. The van der Waals surface area contributed by atoms with E-state index in [9.17, 15) is 8.78 Å². The summed E-state index contributed by atoms with van der Waals surface area (Å²) in [6, 6.07) is 3.29. The SMILES string of the molecule is Cc1ncc(N2CCN(Cc3nc4c5ccc6c(c5nc(N)n4n3)OC(F)(F)O6)[C@H](C)C2)s1. The molecule has 3 aromatic heterocycles. The van der Waals surface area contributed by atoms with Crippen LogP contribution in [0.1, 0.15) is 17.8 Å². The van der Waals surface area contributed by atoms with Crippen LogP contribution in [-0.2, 0) is 6.54 Å². The Labute approximate surface area is 190 Å². The molecule has 5 heterocycles. The number of piperazine rings is 1. The van der Waals surface area contributed by atoms with Gasteiger partial charge in [-0.3, -0.25) is 4.90 Å². The van der Waals surface area contributed by atoms with Crippen LogP contribution in [0.4, 0.5) is 19.7 Å². The highest BCUT2D eigenvalue weighted by atomic mass is 32.1. The molecule has 4 aromatic rings. The summed E-state index contributed by atoms with van der Waals surface area (Å²) in [6.07, 6.45) is -1.82. The second-order valence-electron chi connectivity index (χ2n) is 8.17. The van der Waals surface area contributed by atoms with Crippen LogP contribution in [0.5, 0.6) is 11.5 Å². The van der Waals surface area contributed by atoms with Crippen LogP contribution in [0, 0.1) is 6.92 Å². The van der Waals surface area contributed by atoms with Crippen molar-refractivity contribution in [1.82, 2.24) is 29.5 Å². The molecule has 6 rings (SSSR count). The Hall–Kier alpha value is -3.32. The Bertz CT molecular complexity index is 1390. The number of hydrogen-bond donors (Lipinski definition) is 1. The lowest BCUT2D eigenvalue weighted by atomic mass is 10.2. The van der Waals surface area contributed by atoms with E-state index in [1.54, 1.807) is 17.4 Å². The van der Waals surface area contributed by atoms with Crippen molar-refractivity contribution >= 4 is 38.8 Å². The second kappa shape index (κ2) is 7.09. The Morgan fingerprint density at radius 2 is 2.09 bits per heavy atom. The van der Waals surface area contributed by atoms with Crippen molar-refractivity contribution in [3.63, 3.8) is 0 Å². The van der Waals surface area contributed by atoms with Crippen molar-refractivity contribution < 1.29 is 18.3 Å². The number of fused-ring (bicyclic) bond motifs is 5. The molecule has 172 valence electrons. The predicted molar refractivity (Wildman–Crippen MR) is 118 cm³/mol. The summed E-state index contributed by atoms with van der Waals surface area (Å²) in [5.74, 6) is 0.362. The van der Waals surface area contributed by atoms with Gasteiger partial charge in [-0.2, -0.15) is 4.52 Å². The summed E-state index contributed by atoms with van der Waals surface area (Å²) in [4.78, 5) is 17.9. The topological polar surface area (TPSA) is 107 Å². The summed E-state index contributed by atoms with van der Waals surface area (Å²) >= 11 is 1.70. The van der Waals surface area contributed by atoms with Gasteiger partial charge < -0.3 is 20.1 Å². The van der Waals surface area contributed by atoms with Gasteiger partial charge in [0.1, 0.15) is 10.5 Å². The molecular weight excluding hydrogens is 454 g/mol. The van der Waals surface area contributed by atoms with Crippen molar-refractivity contribution in [1.29, 1.82) is 0 Å². The van der Waals surface area contributed by atoms with Crippen molar-refractivity contribution in [3.05, 3.63) is 29.2 Å². The van der Waals surface area contributed by atoms with Crippen LogP contribution in [0.25, 0.3) is 16.6 Å². The predicted octanol–water partition coefficient (Wildman–Crippen LogP) is 2.66. The van der Waals surface area contributed by atoms with Crippen LogP contribution >= 0.6 is 11.3 Å². The fraction of sp³-hybridized carbons (Fsp3) is 0.400. The van der Waals surface area contributed by atoms with E-state index in [0.717, 1.165) is 24.6 Å². The molecule has 0 aliphatic carbocycles. The average molecular weight is 474 g/mol. The Balaban J connectivity index is 1.29. The van der Waals surface area contributed by atoms with Crippen LogP contribution in [0.3, 0.4) is 0 Å². The van der Waals surface area contributed by atoms with Gasteiger partial charge in [-0.05, 0) is 26.0 Å². The number of ether oxygens (including phenoxy) is 2. The van der Waals surface area contributed by atoms with E-state index in [0.29, 0.717) is 23.4 Å². The zero-order valence-corrected chi connectivity index (χ0v) is 18.6. The van der Waals surface area contributed by atoms with E-state index in [4.69, 9.17) is 5.73 Å². The molecule has 0 unspecified atom stereocenters. The minimum atomic E-state index is -3.74. The third-order valence-corrected chi connectivity index (χ3v) is 6.88. The highest BCUT2D eigenvalue weighted by Gasteiger charge is 2.45. The molecule has 2 aliphatic heterocycles. The quantitative estimate of drug-likeness (QED) is 0.480. The Kier molecular flexibility index (Phi) is 4.36. The van der Waals surface area contributed by atoms with Crippen LogP contribution in [-0.4, -0.2) is 61.4 Å². The van der Waals surface area contributed by atoms with Gasteiger partial charge in [-0.15, -0.1) is 25.2 Å². The van der Waals surface area contributed by atoms with E-state index in [-0.39, 0.29) is 29.0 Å². The number of nitrogen functional groups attached to an aromatic ring is 1. The zero-order valence-electron chi connectivity index (χ0n) is 17.8. The number of benzene rings is 1. The zero-order chi connectivity index (χ0) is 22.9. The maximum atomic E-state index is 13.6. The first-order chi connectivity index (χ1) is 15.8. The van der Waals surface area contributed by atoms with Gasteiger partial charge in [-0.25, -0.2) is 15.0 Å². The lowest BCUT2D eigenvalue weighted by Gasteiger charge is -2.39. The number of thiazole rings is 1. The Morgan fingerprint density at radius 3 is 2.85 bits per heavy atom. The number of aromatic nitrogens is 5. The molecule has 10 nitrogen and oxygen atoms in total. The van der Waals surface area contributed by atoms with Gasteiger partial charge >= 0.3 is 6.29 Å². The molecule has 1 atom stereocenters. The van der Waals surface area contributed by atoms with Crippen LogP contribution < -0.4 is 20.1 Å². The first-order valence-electron chi connectivity index (χ1n) is 10.4. The molecule has 0 amide bonds. The number of alkyl halides is 2. The summed E-state index contributed by atoms with van der Waals surface area (Å²) in [5, 5.41) is 7.26.